The Kier molecular flexibility index (Phi) is 8.36. The molecule has 0 saturated carbocycles. The number of methoxy groups -OCH3 is 1. The molecule has 0 bridgehead atoms. The second-order valence-electron chi connectivity index (χ2n) is 9.52. The first-order valence-corrected chi connectivity index (χ1v) is 12.1. The molecule has 2 saturated heterocycles. The second kappa shape index (κ2) is 11.5. The van der Waals surface area contributed by atoms with Crippen molar-refractivity contribution in [2.75, 3.05) is 13.7 Å². The fourth-order valence-electron chi connectivity index (χ4n) is 4.78. The van der Waals surface area contributed by atoms with Crippen LogP contribution in [-0.2, 0) is 30.3 Å². The molecule has 0 aromatic heterocycles. The number of ether oxygens (including phenoxy) is 4. The number of rotatable bonds is 11. The summed E-state index contributed by atoms with van der Waals surface area (Å²) in [4.78, 5) is 18.8. The number of carbonyl (C=O) groups excluding carboxylic acids is 1. The normalized spacial score (nSPS) is 25.8. The van der Waals surface area contributed by atoms with Crippen molar-refractivity contribution in [2.24, 2.45) is 5.92 Å². The first kappa shape index (κ1) is 25.5. The Balaban J connectivity index is 1.48. The number of hydrogen-bond acceptors (Lipinski definition) is 7. The molecule has 0 N–H and O–H groups in total. The van der Waals surface area contributed by atoms with Gasteiger partial charge in [0.25, 0.3) is 0 Å². The Morgan fingerprint density at radius 2 is 1.74 bits per heavy atom. The first-order valence-electron chi connectivity index (χ1n) is 12.1. The van der Waals surface area contributed by atoms with E-state index >= 15 is 0 Å². The van der Waals surface area contributed by atoms with Gasteiger partial charge in [-0.05, 0) is 50.3 Å². The van der Waals surface area contributed by atoms with Crippen molar-refractivity contribution in [2.45, 2.75) is 63.6 Å². The Bertz CT molecular complexity index is 966. The molecular formula is C28H35NO6. The summed E-state index contributed by atoms with van der Waals surface area (Å²) >= 11 is 0. The van der Waals surface area contributed by atoms with Crippen molar-refractivity contribution in [1.29, 1.82) is 0 Å². The summed E-state index contributed by atoms with van der Waals surface area (Å²) in [6, 6.07) is 19.0. The summed E-state index contributed by atoms with van der Waals surface area (Å²) in [5, 5.41) is 1.73. The lowest BCUT2D eigenvalue weighted by Crippen LogP contribution is -2.36. The van der Waals surface area contributed by atoms with Crippen LogP contribution in [-0.4, -0.2) is 55.1 Å². The van der Waals surface area contributed by atoms with E-state index in [1.54, 1.807) is 24.3 Å². The Hall–Kier alpha value is -2.55. The largest absolute Gasteiger partial charge is 0.364 e. The van der Waals surface area contributed by atoms with Crippen LogP contribution < -0.4 is 0 Å². The highest BCUT2D eigenvalue weighted by Crippen LogP contribution is 2.41. The summed E-state index contributed by atoms with van der Waals surface area (Å²) in [5.74, 6) is -0.967. The van der Waals surface area contributed by atoms with Crippen LogP contribution in [0.15, 0.2) is 73.3 Å². The lowest BCUT2D eigenvalue weighted by molar-refractivity contribution is -0.229. The van der Waals surface area contributed by atoms with E-state index in [-0.39, 0.29) is 30.2 Å². The molecule has 0 aliphatic carbocycles. The van der Waals surface area contributed by atoms with Gasteiger partial charge in [-0.3, -0.25) is 0 Å². The predicted molar refractivity (Wildman–Crippen MR) is 131 cm³/mol. The molecule has 2 heterocycles. The molecule has 2 aliphatic rings. The van der Waals surface area contributed by atoms with Gasteiger partial charge >= 0.3 is 5.97 Å². The van der Waals surface area contributed by atoms with Crippen LogP contribution in [0.25, 0.3) is 0 Å². The highest BCUT2D eigenvalue weighted by molar-refractivity contribution is 5.89. The fourth-order valence-corrected chi connectivity index (χ4v) is 4.78. The van der Waals surface area contributed by atoms with Gasteiger partial charge in [0.2, 0.25) is 0 Å². The van der Waals surface area contributed by atoms with Crippen molar-refractivity contribution in [3.63, 3.8) is 0 Å². The van der Waals surface area contributed by atoms with Gasteiger partial charge in [0.15, 0.2) is 12.1 Å². The number of fused-ring (bicyclic) bond motifs is 1. The molecule has 0 spiro atoms. The van der Waals surface area contributed by atoms with Gasteiger partial charge in [0.05, 0.1) is 18.2 Å². The molecule has 7 nitrogen and oxygen atoms in total. The van der Waals surface area contributed by atoms with Gasteiger partial charge in [-0.25, -0.2) is 4.79 Å². The zero-order valence-electron chi connectivity index (χ0n) is 20.7. The Labute approximate surface area is 207 Å². The van der Waals surface area contributed by atoms with E-state index in [2.05, 4.69) is 6.58 Å². The summed E-state index contributed by atoms with van der Waals surface area (Å²) in [6.45, 7) is 8.74. The molecule has 2 aromatic rings. The minimum atomic E-state index is -0.688. The van der Waals surface area contributed by atoms with E-state index in [9.17, 15) is 4.79 Å². The third-order valence-electron chi connectivity index (χ3n) is 6.29. The van der Waals surface area contributed by atoms with Gasteiger partial charge in [-0.1, -0.05) is 54.6 Å². The number of hydrogen-bond donors (Lipinski definition) is 0. The van der Waals surface area contributed by atoms with E-state index in [1.165, 1.54) is 0 Å². The third-order valence-corrected chi connectivity index (χ3v) is 6.29. The van der Waals surface area contributed by atoms with Crippen LogP contribution in [0.4, 0.5) is 0 Å². The van der Waals surface area contributed by atoms with Gasteiger partial charge in [-0.15, -0.1) is 11.6 Å². The van der Waals surface area contributed by atoms with Crippen LogP contribution in [0.5, 0.6) is 0 Å². The van der Waals surface area contributed by atoms with E-state index in [0.717, 1.165) is 12.0 Å². The van der Waals surface area contributed by atoms with Gasteiger partial charge in [0.1, 0.15) is 12.2 Å². The zero-order valence-corrected chi connectivity index (χ0v) is 20.7. The van der Waals surface area contributed by atoms with Crippen LogP contribution in [0.2, 0.25) is 0 Å². The molecule has 35 heavy (non-hydrogen) atoms. The number of benzene rings is 2. The number of hydroxylamine groups is 2. The maximum atomic E-state index is 12.9. The predicted octanol–water partition coefficient (Wildman–Crippen LogP) is 4.73. The molecule has 4 rings (SSSR count). The van der Waals surface area contributed by atoms with Crippen molar-refractivity contribution in [1.82, 2.24) is 5.06 Å². The van der Waals surface area contributed by atoms with Crippen molar-refractivity contribution in [3.8, 4) is 0 Å². The monoisotopic (exact) mass is 481 g/mol. The maximum absolute atomic E-state index is 12.9. The summed E-state index contributed by atoms with van der Waals surface area (Å²) in [6.07, 6.45) is 2.11. The van der Waals surface area contributed by atoms with Crippen LogP contribution in [0.1, 0.15) is 42.6 Å². The molecule has 0 amide bonds. The molecule has 7 heteroatoms. The summed E-state index contributed by atoms with van der Waals surface area (Å²) < 4.78 is 23.9. The molecule has 2 aromatic carbocycles. The smallest absolute Gasteiger partial charge is 0.357 e. The van der Waals surface area contributed by atoms with Crippen LogP contribution in [0.3, 0.4) is 0 Å². The lowest BCUT2D eigenvalue weighted by atomic mass is 9.94. The van der Waals surface area contributed by atoms with Gasteiger partial charge in [0, 0.05) is 13.7 Å². The van der Waals surface area contributed by atoms with Crippen molar-refractivity contribution in [3.05, 3.63) is 84.4 Å². The zero-order chi connectivity index (χ0) is 24.8. The molecule has 2 unspecified atom stereocenters. The summed E-state index contributed by atoms with van der Waals surface area (Å²) in [7, 11) is 1.62. The molecule has 188 valence electrons. The number of nitrogens with zero attached hydrogens (tertiary/aromatic N) is 1. The third kappa shape index (κ3) is 6.57. The number of carbonyl (C=O) groups is 1. The van der Waals surface area contributed by atoms with Crippen molar-refractivity contribution >= 4 is 5.97 Å². The van der Waals surface area contributed by atoms with Crippen molar-refractivity contribution < 1.29 is 28.6 Å². The summed E-state index contributed by atoms with van der Waals surface area (Å²) in [5.41, 5.74) is 1.56. The quantitative estimate of drug-likeness (QED) is 0.339. The highest BCUT2D eigenvalue weighted by Gasteiger charge is 2.55. The first-order chi connectivity index (χ1) is 16.9. The van der Waals surface area contributed by atoms with E-state index in [0.29, 0.717) is 25.1 Å². The topological polar surface area (TPSA) is 66.5 Å². The maximum Gasteiger partial charge on any atom is 0.357 e. The molecule has 0 radical (unpaired) electrons. The van der Waals surface area contributed by atoms with Crippen LogP contribution in [0, 0.1) is 5.92 Å². The van der Waals surface area contributed by atoms with E-state index in [1.807, 2.05) is 68.5 Å². The van der Waals surface area contributed by atoms with Crippen LogP contribution >= 0.6 is 0 Å². The minimum absolute atomic E-state index is 0.105. The average molecular weight is 482 g/mol. The fraction of sp³-hybridized carbons (Fsp3) is 0.464. The highest BCUT2D eigenvalue weighted by atomic mass is 16.8. The Morgan fingerprint density at radius 1 is 1.09 bits per heavy atom. The second-order valence-corrected chi connectivity index (χ2v) is 9.52. The minimum Gasteiger partial charge on any atom is -0.364 e. The van der Waals surface area contributed by atoms with Gasteiger partial charge in [-0.2, -0.15) is 0 Å². The van der Waals surface area contributed by atoms with Gasteiger partial charge < -0.3 is 23.8 Å². The molecular weight excluding hydrogens is 446 g/mol. The lowest BCUT2D eigenvalue weighted by Gasteiger charge is -2.29. The molecule has 2 fully saturated rings. The molecule has 5 atom stereocenters. The SMILES string of the molecule is C=CC[C@@H](C[C@H]1O[C@@H](OC)C2OC(C)(C)OC21)CN(Cc1ccccc1)OC(=O)c1ccccc1. The van der Waals surface area contributed by atoms with E-state index in [4.69, 9.17) is 23.8 Å². The van der Waals surface area contributed by atoms with E-state index < -0.39 is 12.1 Å². The number of allylic oxidation sites excluding steroid dienone is 1. The Morgan fingerprint density at radius 3 is 2.40 bits per heavy atom. The average Bonchev–Trinajstić information content (AvgIpc) is 3.33. The standard InChI is InChI=1S/C28H35NO6/c1-5-12-21(17-23-24-25(27(31-4)32-23)34-28(2,3)33-24)19-29(18-20-13-8-6-9-14-20)35-26(30)22-15-10-7-11-16-22/h5-11,13-16,21,23-25,27H,1,12,17-19H2,2-4H3/t21-,23+,24?,25?,27+/m0/s1. The molecule has 2 aliphatic heterocycles.